The molecule has 1 aromatic heterocycles. The predicted octanol–water partition coefficient (Wildman–Crippen LogP) is 5.42. The number of halogens is 3. The van der Waals surface area contributed by atoms with Crippen molar-refractivity contribution in [2.45, 2.75) is 62.0 Å². The number of unbranched alkanes of at least 4 members (excludes halogenated alkanes) is 1. The van der Waals surface area contributed by atoms with Crippen molar-refractivity contribution in [3.8, 4) is 5.69 Å². The van der Waals surface area contributed by atoms with Crippen molar-refractivity contribution in [2.24, 2.45) is 0 Å². The second-order valence-electron chi connectivity index (χ2n) is 9.45. The van der Waals surface area contributed by atoms with Crippen molar-refractivity contribution in [3.63, 3.8) is 0 Å². The van der Waals surface area contributed by atoms with Crippen LogP contribution >= 0.6 is 11.8 Å². The number of likely N-dealkylation sites (tertiary alicyclic amines) is 1. The standard InChI is InChI=1S/C28H32F3N5O2S/c29-28(30,31)22-15-13-21(14-16-22)20-39-27-34-33-24(36(27)23-8-2-1-3-9-23)10-4-5-11-25(37)32-17-7-19-35-18-6-12-26(35)38/h1-3,8-9,13-16H,4-7,10-12,17-20H2,(H,32,37). The molecule has 3 aromatic rings. The molecule has 1 aliphatic heterocycles. The largest absolute Gasteiger partial charge is 0.416 e. The molecule has 1 N–H and O–H groups in total. The first-order valence-corrected chi connectivity index (χ1v) is 14.1. The number of nitrogens with one attached hydrogen (secondary N) is 1. The summed E-state index contributed by atoms with van der Waals surface area (Å²) in [4.78, 5) is 25.7. The quantitative estimate of drug-likeness (QED) is 0.224. The van der Waals surface area contributed by atoms with Crippen LogP contribution in [0.5, 0.6) is 0 Å². The summed E-state index contributed by atoms with van der Waals surface area (Å²) >= 11 is 1.41. The first-order chi connectivity index (χ1) is 18.8. The molecule has 39 heavy (non-hydrogen) atoms. The maximum Gasteiger partial charge on any atom is 0.416 e. The second-order valence-corrected chi connectivity index (χ2v) is 10.4. The fourth-order valence-electron chi connectivity index (χ4n) is 4.43. The highest BCUT2D eigenvalue weighted by Crippen LogP contribution is 2.31. The molecule has 2 aromatic carbocycles. The molecule has 208 valence electrons. The lowest BCUT2D eigenvalue weighted by molar-refractivity contribution is -0.137. The Hall–Kier alpha value is -3.34. The van der Waals surface area contributed by atoms with E-state index in [-0.39, 0.29) is 11.8 Å². The molecule has 11 heteroatoms. The van der Waals surface area contributed by atoms with Gasteiger partial charge in [-0.1, -0.05) is 42.1 Å². The highest BCUT2D eigenvalue weighted by molar-refractivity contribution is 7.98. The molecule has 0 atom stereocenters. The molecule has 1 fully saturated rings. The van der Waals surface area contributed by atoms with Crippen LogP contribution in [0.25, 0.3) is 5.69 Å². The number of thioether (sulfide) groups is 1. The number of carbonyl (C=O) groups excluding carboxylic acids is 2. The molecule has 4 rings (SSSR count). The summed E-state index contributed by atoms with van der Waals surface area (Å²) in [5, 5.41) is 12.3. The summed E-state index contributed by atoms with van der Waals surface area (Å²) in [7, 11) is 0. The van der Waals surface area contributed by atoms with Crippen LogP contribution < -0.4 is 5.32 Å². The van der Waals surface area contributed by atoms with Gasteiger partial charge >= 0.3 is 6.18 Å². The molecule has 0 unspecified atom stereocenters. The zero-order chi connectivity index (χ0) is 27.7. The molecule has 0 spiro atoms. The summed E-state index contributed by atoms with van der Waals surface area (Å²) in [5.74, 6) is 1.42. The van der Waals surface area contributed by atoms with Crippen molar-refractivity contribution in [1.82, 2.24) is 25.0 Å². The number of para-hydroxylation sites is 1. The second kappa shape index (κ2) is 13.6. The molecule has 1 saturated heterocycles. The Balaban J connectivity index is 1.27. The van der Waals surface area contributed by atoms with E-state index < -0.39 is 11.7 Å². The van der Waals surface area contributed by atoms with Gasteiger partial charge in [-0.15, -0.1) is 10.2 Å². The number of carbonyl (C=O) groups is 2. The highest BCUT2D eigenvalue weighted by atomic mass is 32.2. The Bertz CT molecular complexity index is 1230. The molecule has 0 radical (unpaired) electrons. The first-order valence-electron chi connectivity index (χ1n) is 13.1. The van der Waals surface area contributed by atoms with Gasteiger partial charge < -0.3 is 10.2 Å². The van der Waals surface area contributed by atoms with Gasteiger partial charge in [0.2, 0.25) is 11.8 Å². The fraction of sp³-hybridized carbons (Fsp3) is 0.429. The van der Waals surface area contributed by atoms with Crippen LogP contribution in [0.15, 0.2) is 59.8 Å². The average molecular weight is 560 g/mol. The van der Waals surface area contributed by atoms with Crippen LogP contribution in [0.3, 0.4) is 0 Å². The Morgan fingerprint density at radius 2 is 1.77 bits per heavy atom. The van der Waals surface area contributed by atoms with Crippen LogP contribution in [0.2, 0.25) is 0 Å². The summed E-state index contributed by atoms with van der Waals surface area (Å²) in [6, 6.07) is 14.8. The summed E-state index contributed by atoms with van der Waals surface area (Å²) < 4.78 is 40.5. The fourth-order valence-corrected chi connectivity index (χ4v) is 5.35. The molecule has 0 saturated carbocycles. The smallest absolute Gasteiger partial charge is 0.356 e. The third-order valence-corrected chi connectivity index (χ3v) is 7.52. The molecule has 7 nitrogen and oxygen atoms in total. The van der Waals surface area contributed by atoms with E-state index in [1.807, 2.05) is 39.8 Å². The van der Waals surface area contributed by atoms with Gasteiger partial charge in [0.25, 0.3) is 0 Å². The summed E-state index contributed by atoms with van der Waals surface area (Å²) in [6.07, 6.45) is 0.446. The van der Waals surface area contributed by atoms with E-state index in [1.54, 1.807) is 0 Å². The Kier molecular flexibility index (Phi) is 10.0. The van der Waals surface area contributed by atoms with Crippen molar-refractivity contribution in [3.05, 3.63) is 71.5 Å². The number of alkyl halides is 3. The minimum absolute atomic E-state index is 0.0000563. The molecular weight excluding hydrogens is 527 g/mol. The molecular formula is C28H32F3N5O2S. The van der Waals surface area contributed by atoms with Crippen molar-refractivity contribution in [1.29, 1.82) is 0 Å². The lowest BCUT2D eigenvalue weighted by atomic mass is 10.1. The van der Waals surface area contributed by atoms with E-state index in [4.69, 9.17) is 0 Å². The number of aromatic nitrogens is 3. The molecule has 2 amide bonds. The number of nitrogens with zero attached hydrogens (tertiary/aromatic N) is 4. The van der Waals surface area contributed by atoms with E-state index in [1.165, 1.54) is 23.9 Å². The van der Waals surface area contributed by atoms with Crippen LogP contribution in [0.1, 0.15) is 55.5 Å². The monoisotopic (exact) mass is 559 g/mol. The normalized spacial score (nSPS) is 13.7. The van der Waals surface area contributed by atoms with E-state index in [0.717, 1.165) is 55.0 Å². The molecule has 0 bridgehead atoms. The third-order valence-electron chi connectivity index (χ3n) is 6.52. The number of benzene rings is 2. The highest BCUT2D eigenvalue weighted by Gasteiger charge is 2.30. The molecule has 2 heterocycles. The van der Waals surface area contributed by atoms with Gasteiger partial charge in [-0.2, -0.15) is 13.2 Å². The van der Waals surface area contributed by atoms with E-state index in [0.29, 0.717) is 49.7 Å². The van der Waals surface area contributed by atoms with Crippen LogP contribution in [-0.4, -0.2) is 51.1 Å². The van der Waals surface area contributed by atoms with Gasteiger partial charge in [-0.3, -0.25) is 14.2 Å². The Morgan fingerprint density at radius 3 is 2.46 bits per heavy atom. The SMILES string of the molecule is O=C(CCCCc1nnc(SCc2ccc(C(F)(F)F)cc2)n1-c1ccccc1)NCCCN1CCCC1=O. The van der Waals surface area contributed by atoms with Gasteiger partial charge in [0.05, 0.1) is 5.56 Å². The number of hydrogen-bond donors (Lipinski definition) is 1. The summed E-state index contributed by atoms with van der Waals surface area (Å²) in [6.45, 7) is 2.06. The van der Waals surface area contributed by atoms with E-state index in [9.17, 15) is 22.8 Å². The minimum atomic E-state index is -4.36. The number of amides is 2. The molecule has 1 aliphatic rings. The van der Waals surface area contributed by atoms with Crippen molar-refractivity contribution < 1.29 is 22.8 Å². The lowest BCUT2D eigenvalue weighted by Crippen LogP contribution is -2.30. The van der Waals surface area contributed by atoms with E-state index >= 15 is 0 Å². The summed E-state index contributed by atoms with van der Waals surface area (Å²) in [5.41, 5.74) is 0.995. The Morgan fingerprint density at radius 1 is 1.00 bits per heavy atom. The zero-order valence-electron chi connectivity index (χ0n) is 21.6. The van der Waals surface area contributed by atoms with Crippen LogP contribution in [0, 0.1) is 0 Å². The van der Waals surface area contributed by atoms with Crippen LogP contribution in [-0.2, 0) is 27.9 Å². The van der Waals surface area contributed by atoms with Crippen molar-refractivity contribution >= 4 is 23.6 Å². The van der Waals surface area contributed by atoms with Crippen molar-refractivity contribution in [2.75, 3.05) is 19.6 Å². The molecule has 0 aliphatic carbocycles. The van der Waals surface area contributed by atoms with Crippen LogP contribution in [0.4, 0.5) is 13.2 Å². The predicted molar refractivity (Wildman–Crippen MR) is 143 cm³/mol. The van der Waals surface area contributed by atoms with E-state index in [2.05, 4.69) is 15.5 Å². The van der Waals surface area contributed by atoms with Gasteiger partial charge in [-0.25, -0.2) is 0 Å². The first kappa shape index (κ1) is 28.7. The maximum atomic E-state index is 12.9. The van der Waals surface area contributed by atoms with Gasteiger partial charge in [-0.05, 0) is 55.5 Å². The maximum absolute atomic E-state index is 12.9. The number of hydrogen-bond acceptors (Lipinski definition) is 5. The Labute approximate surface area is 230 Å². The number of aryl methyl sites for hydroxylation is 1. The number of rotatable bonds is 13. The average Bonchev–Trinajstić information content (AvgIpc) is 3.53. The lowest BCUT2D eigenvalue weighted by Gasteiger charge is -2.15. The minimum Gasteiger partial charge on any atom is -0.356 e. The van der Waals surface area contributed by atoms with Gasteiger partial charge in [0, 0.05) is 50.3 Å². The topological polar surface area (TPSA) is 80.1 Å². The zero-order valence-corrected chi connectivity index (χ0v) is 22.4. The van der Waals surface area contributed by atoms with Gasteiger partial charge in [0.1, 0.15) is 5.82 Å². The third kappa shape index (κ3) is 8.32. The van der Waals surface area contributed by atoms with Gasteiger partial charge in [0.15, 0.2) is 5.16 Å².